The van der Waals surface area contributed by atoms with Crippen LogP contribution in [-0.4, -0.2) is 84.3 Å². The first-order valence-corrected chi connectivity index (χ1v) is 11.4. The Balaban J connectivity index is 1.28. The van der Waals surface area contributed by atoms with Crippen molar-refractivity contribution < 1.29 is 24.2 Å². The second-order valence-electron chi connectivity index (χ2n) is 8.55. The van der Waals surface area contributed by atoms with E-state index in [9.17, 15) is 19.5 Å². The number of rotatable bonds is 6. The minimum atomic E-state index is -0.816. The number of pyridine rings is 1. The average molecular weight is 468 g/mol. The van der Waals surface area contributed by atoms with Crippen LogP contribution in [0.3, 0.4) is 0 Å². The third kappa shape index (κ3) is 5.77. The van der Waals surface area contributed by atoms with Gasteiger partial charge in [-0.2, -0.15) is 0 Å². The van der Waals surface area contributed by atoms with E-state index in [1.54, 1.807) is 41.4 Å². The van der Waals surface area contributed by atoms with Crippen LogP contribution in [0.2, 0.25) is 0 Å². The molecule has 1 fully saturated rings. The van der Waals surface area contributed by atoms with Crippen molar-refractivity contribution in [3.8, 4) is 0 Å². The normalized spacial score (nSPS) is 18.8. The van der Waals surface area contributed by atoms with Gasteiger partial charge in [0, 0.05) is 56.5 Å². The quantitative estimate of drug-likeness (QED) is 0.526. The third-order valence-corrected chi connectivity index (χ3v) is 5.89. The number of ether oxygens (including phenoxy) is 1. The number of nitrogens with zero attached hydrogens (tertiary/aromatic N) is 3. The van der Waals surface area contributed by atoms with Crippen LogP contribution in [0.4, 0.5) is 11.4 Å². The number of hydrogen-bond donors (Lipinski definition) is 3. The molecule has 3 amide bonds. The number of aliphatic hydroxyl groups excluding tert-OH is 1. The van der Waals surface area contributed by atoms with Crippen molar-refractivity contribution in [2.45, 2.75) is 25.6 Å². The van der Waals surface area contributed by atoms with E-state index in [1.807, 2.05) is 6.92 Å². The zero-order chi connectivity index (χ0) is 24.1. The maximum absolute atomic E-state index is 12.8. The van der Waals surface area contributed by atoms with Crippen LogP contribution in [0.5, 0.6) is 0 Å². The van der Waals surface area contributed by atoms with E-state index in [0.717, 1.165) is 24.3 Å². The van der Waals surface area contributed by atoms with Gasteiger partial charge in [-0.1, -0.05) is 0 Å². The molecule has 3 heterocycles. The monoisotopic (exact) mass is 467 g/mol. The number of amides is 3. The van der Waals surface area contributed by atoms with Crippen LogP contribution >= 0.6 is 0 Å². The maximum Gasteiger partial charge on any atom is 0.313 e. The van der Waals surface area contributed by atoms with Gasteiger partial charge in [0.25, 0.3) is 5.91 Å². The molecular formula is C24H29N5O5. The fourth-order valence-electron chi connectivity index (χ4n) is 4.23. The van der Waals surface area contributed by atoms with Crippen molar-refractivity contribution in [2.24, 2.45) is 0 Å². The lowest BCUT2D eigenvalue weighted by Gasteiger charge is -2.32. The standard InChI is InChI=1S/C24H29N5O5/c1-16-14-28(9-10-34-16)15-20(30)13-26-22(31)23(32)27-19-4-5-21-17(11-19)6-8-29(21)24(33)18-3-2-7-25-12-18/h2-5,7,11-12,16,20,30H,6,8-10,13-15H2,1H3,(H,26,31)(H,27,32). The fourth-order valence-corrected chi connectivity index (χ4v) is 4.23. The van der Waals surface area contributed by atoms with E-state index in [0.29, 0.717) is 37.4 Å². The van der Waals surface area contributed by atoms with Crippen molar-refractivity contribution in [3.63, 3.8) is 0 Å². The molecule has 3 N–H and O–H groups in total. The fraction of sp³-hybridized carbons (Fsp3) is 0.417. The van der Waals surface area contributed by atoms with Gasteiger partial charge < -0.3 is 25.4 Å². The van der Waals surface area contributed by atoms with Crippen LogP contribution in [-0.2, 0) is 20.7 Å². The van der Waals surface area contributed by atoms with Gasteiger partial charge >= 0.3 is 11.8 Å². The molecule has 34 heavy (non-hydrogen) atoms. The summed E-state index contributed by atoms with van der Waals surface area (Å²) in [5, 5.41) is 15.3. The summed E-state index contributed by atoms with van der Waals surface area (Å²) in [5.74, 6) is -1.76. The number of hydrogen-bond acceptors (Lipinski definition) is 7. The number of benzene rings is 1. The van der Waals surface area contributed by atoms with E-state index in [4.69, 9.17) is 4.74 Å². The van der Waals surface area contributed by atoms with E-state index in [1.165, 1.54) is 6.20 Å². The first-order valence-electron chi connectivity index (χ1n) is 11.4. The Morgan fingerprint density at radius 2 is 2.09 bits per heavy atom. The van der Waals surface area contributed by atoms with Crippen molar-refractivity contribution >= 4 is 29.1 Å². The Kier molecular flexibility index (Phi) is 7.51. The van der Waals surface area contributed by atoms with Crippen LogP contribution < -0.4 is 15.5 Å². The average Bonchev–Trinajstić information content (AvgIpc) is 3.26. The molecule has 0 radical (unpaired) electrons. The highest BCUT2D eigenvalue weighted by Crippen LogP contribution is 2.31. The van der Waals surface area contributed by atoms with Gasteiger partial charge in [-0.05, 0) is 49.2 Å². The molecule has 10 heteroatoms. The predicted octanol–water partition coefficient (Wildman–Crippen LogP) is 0.421. The molecule has 2 unspecified atom stereocenters. The number of aromatic nitrogens is 1. The molecule has 0 bridgehead atoms. The zero-order valence-electron chi connectivity index (χ0n) is 19.1. The largest absolute Gasteiger partial charge is 0.390 e. The molecule has 0 spiro atoms. The summed E-state index contributed by atoms with van der Waals surface area (Å²) in [6.07, 6.45) is 3.11. The zero-order valence-corrected chi connectivity index (χ0v) is 19.1. The molecule has 1 saturated heterocycles. The minimum absolute atomic E-state index is 0.0202. The van der Waals surface area contributed by atoms with Crippen molar-refractivity contribution in [1.29, 1.82) is 0 Å². The summed E-state index contributed by atoms with van der Waals surface area (Å²) in [4.78, 5) is 45.0. The van der Waals surface area contributed by atoms with Gasteiger partial charge in [0.15, 0.2) is 0 Å². The predicted molar refractivity (Wildman–Crippen MR) is 126 cm³/mol. The van der Waals surface area contributed by atoms with Crippen LogP contribution in [0.25, 0.3) is 0 Å². The van der Waals surface area contributed by atoms with Crippen LogP contribution in [0, 0.1) is 0 Å². The summed E-state index contributed by atoms with van der Waals surface area (Å²) in [6.45, 7) is 4.93. The molecule has 1 aromatic carbocycles. The Morgan fingerprint density at radius 3 is 2.85 bits per heavy atom. The lowest BCUT2D eigenvalue weighted by molar-refractivity contribution is -0.136. The number of nitrogens with one attached hydrogen (secondary N) is 2. The number of morpholine rings is 1. The van der Waals surface area contributed by atoms with Gasteiger partial charge in [0.1, 0.15) is 0 Å². The molecule has 2 aliphatic heterocycles. The second-order valence-corrected chi connectivity index (χ2v) is 8.55. The SMILES string of the molecule is CC1CN(CC(O)CNC(=O)C(=O)Nc2ccc3c(c2)CCN3C(=O)c2cccnc2)CCO1. The van der Waals surface area contributed by atoms with E-state index < -0.39 is 17.9 Å². The smallest absolute Gasteiger partial charge is 0.313 e. The molecule has 180 valence electrons. The number of carbonyl (C=O) groups excluding carboxylic acids is 3. The highest BCUT2D eigenvalue weighted by molar-refractivity contribution is 6.39. The summed E-state index contributed by atoms with van der Waals surface area (Å²) < 4.78 is 5.47. The van der Waals surface area contributed by atoms with Gasteiger partial charge in [0.05, 0.1) is 24.4 Å². The van der Waals surface area contributed by atoms with E-state index in [-0.39, 0.29) is 18.6 Å². The summed E-state index contributed by atoms with van der Waals surface area (Å²) in [5.41, 5.74) is 2.66. The first-order chi connectivity index (χ1) is 16.4. The topological polar surface area (TPSA) is 124 Å². The van der Waals surface area contributed by atoms with Gasteiger partial charge in [-0.15, -0.1) is 0 Å². The summed E-state index contributed by atoms with van der Waals surface area (Å²) in [7, 11) is 0. The highest BCUT2D eigenvalue weighted by atomic mass is 16.5. The molecule has 4 rings (SSSR count). The number of carbonyl (C=O) groups is 3. The van der Waals surface area contributed by atoms with E-state index >= 15 is 0 Å². The highest BCUT2D eigenvalue weighted by Gasteiger charge is 2.26. The third-order valence-electron chi connectivity index (χ3n) is 5.89. The van der Waals surface area contributed by atoms with E-state index in [2.05, 4.69) is 20.5 Å². The van der Waals surface area contributed by atoms with Gasteiger partial charge in [0.2, 0.25) is 0 Å². The van der Waals surface area contributed by atoms with Gasteiger partial charge in [-0.3, -0.25) is 24.3 Å². The first kappa shape index (κ1) is 23.8. The molecule has 0 aliphatic carbocycles. The summed E-state index contributed by atoms with van der Waals surface area (Å²) >= 11 is 0. The molecule has 0 saturated carbocycles. The minimum Gasteiger partial charge on any atom is -0.390 e. The summed E-state index contributed by atoms with van der Waals surface area (Å²) in [6, 6.07) is 8.63. The number of fused-ring (bicyclic) bond motifs is 1. The molecule has 2 atom stereocenters. The molecule has 10 nitrogen and oxygen atoms in total. The van der Waals surface area contributed by atoms with Gasteiger partial charge in [-0.25, -0.2) is 0 Å². The molecule has 1 aromatic heterocycles. The second kappa shape index (κ2) is 10.7. The number of anilines is 2. The lowest BCUT2D eigenvalue weighted by atomic mass is 10.1. The molecular weight excluding hydrogens is 438 g/mol. The Labute approximate surface area is 197 Å². The van der Waals surface area contributed by atoms with Crippen molar-refractivity contribution in [3.05, 3.63) is 53.9 Å². The Morgan fingerprint density at radius 1 is 1.24 bits per heavy atom. The molecule has 2 aliphatic rings. The lowest BCUT2D eigenvalue weighted by Crippen LogP contribution is -2.48. The maximum atomic E-state index is 12.8. The number of β-amino-alcohol motifs (C(OH)–C–C–N with tert-alkyl or cyclic N) is 1. The Hall–Kier alpha value is -3.34. The van der Waals surface area contributed by atoms with Crippen molar-refractivity contribution in [2.75, 3.05) is 49.5 Å². The van der Waals surface area contributed by atoms with Crippen LogP contribution in [0.1, 0.15) is 22.8 Å². The van der Waals surface area contributed by atoms with Crippen LogP contribution in [0.15, 0.2) is 42.7 Å². The van der Waals surface area contributed by atoms with Crippen molar-refractivity contribution in [1.82, 2.24) is 15.2 Å². The number of aliphatic hydroxyl groups is 1. The Bertz CT molecular complexity index is 1050. The molecule has 2 aromatic rings.